The third-order valence-electron chi connectivity index (χ3n) is 3.12. The molecular weight excluding hydrogens is 238 g/mol. The Morgan fingerprint density at radius 2 is 2.16 bits per heavy atom. The van der Waals surface area contributed by atoms with Crippen molar-refractivity contribution in [1.29, 1.82) is 0 Å². The summed E-state index contributed by atoms with van der Waals surface area (Å²) in [5.74, 6) is 0.0451. The molecular formula is C15H19N3O. The van der Waals surface area contributed by atoms with Crippen LogP contribution in [0.3, 0.4) is 0 Å². The molecule has 0 spiro atoms. The average molecular weight is 257 g/mol. The van der Waals surface area contributed by atoms with Gasteiger partial charge < -0.3 is 15.2 Å². The predicted octanol–water partition coefficient (Wildman–Crippen LogP) is 2.37. The summed E-state index contributed by atoms with van der Waals surface area (Å²) in [4.78, 5) is 17.1. The molecule has 0 unspecified atom stereocenters. The van der Waals surface area contributed by atoms with Gasteiger partial charge in [0.25, 0.3) is 5.91 Å². The fourth-order valence-electron chi connectivity index (χ4n) is 1.94. The predicted molar refractivity (Wildman–Crippen MR) is 77.4 cm³/mol. The summed E-state index contributed by atoms with van der Waals surface area (Å²) >= 11 is 0. The number of hydrogen-bond donors (Lipinski definition) is 2. The Morgan fingerprint density at radius 3 is 2.84 bits per heavy atom. The van der Waals surface area contributed by atoms with Crippen molar-refractivity contribution in [2.75, 3.05) is 26.0 Å². The summed E-state index contributed by atoms with van der Waals surface area (Å²) in [5.41, 5.74) is 2.80. The molecule has 2 rings (SSSR count). The van der Waals surface area contributed by atoms with Crippen LogP contribution in [-0.4, -0.2) is 36.4 Å². The monoisotopic (exact) mass is 257 g/mol. The van der Waals surface area contributed by atoms with Crippen LogP contribution in [0, 0.1) is 0 Å². The van der Waals surface area contributed by atoms with Crippen LogP contribution in [0.15, 0.2) is 42.6 Å². The molecule has 2 N–H and O–H groups in total. The van der Waals surface area contributed by atoms with Crippen molar-refractivity contribution in [3.63, 3.8) is 0 Å². The van der Waals surface area contributed by atoms with Crippen LogP contribution in [0.4, 0.5) is 5.69 Å². The van der Waals surface area contributed by atoms with Gasteiger partial charge in [0.15, 0.2) is 0 Å². The minimum Gasteiger partial charge on any atom is -0.388 e. The van der Waals surface area contributed by atoms with Crippen LogP contribution in [0.25, 0.3) is 0 Å². The fraction of sp³-hybridized carbons (Fsp3) is 0.267. The van der Waals surface area contributed by atoms with Gasteiger partial charge in [-0.15, -0.1) is 0 Å². The van der Waals surface area contributed by atoms with E-state index in [0.717, 1.165) is 17.8 Å². The number of carbonyl (C=O) groups is 1. The van der Waals surface area contributed by atoms with Crippen molar-refractivity contribution in [1.82, 2.24) is 9.88 Å². The SMILES string of the molecule is CNc1cccc(C(=O)N(C)CCc2ccc[nH]2)c1. The maximum atomic E-state index is 12.3. The van der Waals surface area contributed by atoms with Crippen LogP contribution in [0.1, 0.15) is 16.1 Å². The largest absolute Gasteiger partial charge is 0.388 e. The lowest BCUT2D eigenvalue weighted by atomic mass is 10.1. The number of aromatic nitrogens is 1. The number of likely N-dealkylation sites (N-methyl/N-ethyl adjacent to an activating group) is 1. The van der Waals surface area contributed by atoms with Gasteiger partial charge in [-0.1, -0.05) is 6.07 Å². The number of benzene rings is 1. The van der Waals surface area contributed by atoms with E-state index >= 15 is 0 Å². The van der Waals surface area contributed by atoms with E-state index in [0.29, 0.717) is 12.1 Å². The molecule has 1 amide bonds. The number of nitrogens with one attached hydrogen (secondary N) is 2. The molecule has 1 aromatic carbocycles. The van der Waals surface area contributed by atoms with E-state index in [-0.39, 0.29) is 5.91 Å². The van der Waals surface area contributed by atoms with Gasteiger partial charge in [0.1, 0.15) is 0 Å². The third kappa shape index (κ3) is 3.37. The first-order valence-corrected chi connectivity index (χ1v) is 6.36. The van der Waals surface area contributed by atoms with E-state index in [1.165, 1.54) is 0 Å². The third-order valence-corrected chi connectivity index (χ3v) is 3.12. The molecule has 0 radical (unpaired) electrons. The van der Waals surface area contributed by atoms with Gasteiger partial charge >= 0.3 is 0 Å². The number of anilines is 1. The van der Waals surface area contributed by atoms with Crippen LogP contribution in [0.2, 0.25) is 0 Å². The lowest BCUT2D eigenvalue weighted by molar-refractivity contribution is 0.0796. The molecule has 0 aliphatic heterocycles. The second-order valence-corrected chi connectivity index (χ2v) is 4.50. The zero-order chi connectivity index (χ0) is 13.7. The standard InChI is InChI=1S/C15H19N3O/c1-16-14-6-3-5-12(11-14)15(19)18(2)10-8-13-7-4-9-17-13/h3-7,9,11,16-17H,8,10H2,1-2H3. The summed E-state index contributed by atoms with van der Waals surface area (Å²) in [6.45, 7) is 0.698. The molecule has 0 aliphatic rings. The van der Waals surface area contributed by atoms with Crippen molar-refractivity contribution >= 4 is 11.6 Å². The Labute approximate surface area is 113 Å². The van der Waals surface area contributed by atoms with Crippen LogP contribution < -0.4 is 5.32 Å². The number of rotatable bonds is 5. The fourth-order valence-corrected chi connectivity index (χ4v) is 1.94. The van der Waals surface area contributed by atoms with Crippen molar-refractivity contribution in [2.45, 2.75) is 6.42 Å². The number of aromatic amines is 1. The van der Waals surface area contributed by atoms with Gasteiger partial charge in [0.05, 0.1) is 0 Å². The number of H-pyrrole nitrogens is 1. The molecule has 100 valence electrons. The van der Waals surface area contributed by atoms with E-state index in [4.69, 9.17) is 0 Å². The summed E-state index contributed by atoms with van der Waals surface area (Å²) in [7, 11) is 3.68. The molecule has 0 atom stereocenters. The topological polar surface area (TPSA) is 48.1 Å². The van der Waals surface area contributed by atoms with Gasteiger partial charge in [-0.05, 0) is 30.3 Å². The molecule has 0 fully saturated rings. The van der Waals surface area contributed by atoms with Crippen molar-refractivity contribution in [2.24, 2.45) is 0 Å². The van der Waals surface area contributed by atoms with Crippen LogP contribution in [0.5, 0.6) is 0 Å². The molecule has 1 heterocycles. The molecule has 2 aromatic rings. The molecule has 0 bridgehead atoms. The summed E-state index contributed by atoms with van der Waals surface area (Å²) in [5, 5.41) is 3.04. The second kappa shape index (κ2) is 6.09. The van der Waals surface area contributed by atoms with Crippen LogP contribution in [-0.2, 0) is 6.42 Å². The number of amides is 1. The van der Waals surface area contributed by atoms with E-state index in [1.54, 1.807) is 4.90 Å². The van der Waals surface area contributed by atoms with Gasteiger partial charge in [-0.3, -0.25) is 4.79 Å². The molecule has 0 saturated carbocycles. The van der Waals surface area contributed by atoms with Crippen LogP contribution >= 0.6 is 0 Å². The minimum absolute atomic E-state index is 0.0451. The Balaban J connectivity index is 1.97. The quantitative estimate of drug-likeness (QED) is 0.864. The highest BCUT2D eigenvalue weighted by molar-refractivity contribution is 5.94. The highest BCUT2D eigenvalue weighted by atomic mass is 16.2. The lowest BCUT2D eigenvalue weighted by Crippen LogP contribution is -2.28. The molecule has 1 aromatic heterocycles. The highest BCUT2D eigenvalue weighted by Crippen LogP contribution is 2.11. The minimum atomic E-state index is 0.0451. The Hall–Kier alpha value is -2.23. The summed E-state index contributed by atoms with van der Waals surface area (Å²) in [6.07, 6.45) is 2.73. The van der Waals surface area contributed by atoms with Crippen molar-refractivity contribution < 1.29 is 4.79 Å². The zero-order valence-corrected chi connectivity index (χ0v) is 11.3. The normalized spacial score (nSPS) is 10.2. The smallest absolute Gasteiger partial charge is 0.253 e. The first kappa shape index (κ1) is 13.2. The first-order chi connectivity index (χ1) is 9.20. The molecule has 19 heavy (non-hydrogen) atoms. The Kier molecular flexibility index (Phi) is 4.23. The second-order valence-electron chi connectivity index (χ2n) is 4.50. The van der Waals surface area contributed by atoms with Gasteiger partial charge in [-0.25, -0.2) is 0 Å². The van der Waals surface area contributed by atoms with Gasteiger partial charge in [-0.2, -0.15) is 0 Å². The van der Waals surface area contributed by atoms with E-state index in [9.17, 15) is 4.79 Å². The van der Waals surface area contributed by atoms with E-state index in [1.807, 2.05) is 56.7 Å². The van der Waals surface area contributed by atoms with Crippen molar-refractivity contribution in [3.8, 4) is 0 Å². The average Bonchev–Trinajstić information content (AvgIpc) is 2.97. The van der Waals surface area contributed by atoms with E-state index in [2.05, 4.69) is 10.3 Å². The summed E-state index contributed by atoms with van der Waals surface area (Å²) < 4.78 is 0. The molecule has 0 aliphatic carbocycles. The molecule has 4 heteroatoms. The Morgan fingerprint density at radius 1 is 1.32 bits per heavy atom. The maximum absolute atomic E-state index is 12.3. The number of hydrogen-bond acceptors (Lipinski definition) is 2. The van der Waals surface area contributed by atoms with Gasteiger partial charge in [0, 0.05) is 50.2 Å². The van der Waals surface area contributed by atoms with Crippen molar-refractivity contribution in [3.05, 3.63) is 53.9 Å². The Bertz CT molecular complexity index is 534. The highest BCUT2D eigenvalue weighted by Gasteiger charge is 2.11. The summed E-state index contributed by atoms with van der Waals surface area (Å²) in [6, 6.07) is 11.5. The van der Waals surface area contributed by atoms with E-state index < -0.39 is 0 Å². The number of nitrogens with zero attached hydrogens (tertiary/aromatic N) is 1. The first-order valence-electron chi connectivity index (χ1n) is 6.36. The zero-order valence-electron chi connectivity index (χ0n) is 11.3. The molecule has 0 saturated heterocycles. The molecule has 4 nitrogen and oxygen atoms in total. The maximum Gasteiger partial charge on any atom is 0.253 e. The number of carbonyl (C=O) groups excluding carboxylic acids is 1. The van der Waals surface area contributed by atoms with Gasteiger partial charge in [0.2, 0.25) is 0 Å². The lowest BCUT2D eigenvalue weighted by Gasteiger charge is -2.17.